The maximum Gasteiger partial charge on any atom is 0.471 e. The molecule has 160 valence electrons. The number of amides is 1. The summed E-state index contributed by atoms with van der Waals surface area (Å²) in [6.45, 7) is 0.371. The van der Waals surface area contributed by atoms with E-state index in [0.29, 0.717) is 40.7 Å². The molecule has 2 heterocycles. The number of ether oxygens (including phenoxy) is 2. The lowest BCUT2D eigenvalue weighted by molar-refractivity contribution is -0.186. The van der Waals surface area contributed by atoms with Crippen LogP contribution in [-0.4, -0.2) is 45.2 Å². The first-order chi connectivity index (χ1) is 14.1. The molecule has 0 atom stereocenters. The second-order valence-corrected chi connectivity index (χ2v) is 8.55. The van der Waals surface area contributed by atoms with Crippen molar-refractivity contribution in [1.29, 1.82) is 0 Å². The van der Waals surface area contributed by atoms with Gasteiger partial charge in [-0.25, -0.2) is 8.42 Å². The van der Waals surface area contributed by atoms with Crippen LogP contribution in [0.25, 0.3) is 0 Å². The largest absolute Gasteiger partial charge is 0.486 e. The van der Waals surface area contributed by atoms with Crippen molar-refractivity contribution >= 4 is 21.6 Å². The maximum atomic E-state index is 12.8. The Morgan fingerprint density at radius 1 is 1.00 bits per heavy atom. The quantitative estimate of drug-likeness (QED) is 0.790. The number of sulfonamides is 1. The molecule has 0 bridgehead atoms. The van der Waals surface area contributed by atoms with Crippen LogP contribution in [0, 0.1) is 0 Å². The normalized spacial score (nSPS) is 16.0. The fourth-order valence-electron chi connectivity index (χ4n) is 3.37. The molecule has 11 heteroatoms. The number of anilines is 1. The van der Waals surface area contributed by atoms with E-state index >= 15 is 0 Å². The molecule has 0 spiro atoms. The van der Waals surface area contributed by atoms with Gasteiger partial charge < -0.3 is 14.4 Å². The Kier molecular flexibility index (Phi) is 5.00. The third kappa shape index (κ3) is 4.02. The number of nitrogens with one attached hydrogen (secondary N) is 1. The van der Waals surface area contributed by atoms with E-state index in [0.717, 1.165) is 0 Å². The molecule has 1 amide bonds. The Bertz CT molecular complexity index is 1100. The molecule has 2 aliphatic rings. The first kappa shape index (κ1) is 20.3. The molecule has 2 aromatic rings. The fraction of sp³-hybridized carbons (Fsp3) is 0.316. The molecule has 0 radical (unpaired) electrons. The number of halogens is 3. The Hall–Kier alpha value is -2.95. The van der Waals surface area contributed by atoms with E-state index in [1.807, 2.05) is 0 Å². The lowest BCUT2D eigenvalue weighted by Crippen LogP contribution is -2.43. The van der Waals surface area contributed by atoms with Crippen molar-refractivity contribution in [3.63, 3.8) is 0 Å². The summed E-state index contributed by atoms with van der Waals surface area (Å²) in [5.74, 6) is -1.02. The third-order valence-corrected chi connectivity index (χ3v) is 6.20. The number of nitrogens with zero attached hydrogens (tertiary/aromatic N) is 1. The topological polar surface area (TPSA) is 84.9 Å². The first-order valence-electron chi connectivity index (χ1n) is 9.04. The van der Waals surface area contributed by atoms with Gasteiger partial charge in [0, 0.05) is 19.2 Å². The molecule has 2 aromatic carbocycles. The molecule has 0 saturated heterocycles. The lowest BCUT2D eigenvalue weighted by Gasteiger charge is -2.29. The second kappa shape index (κ2) is 7.38. The zero-order chi connectivity index (χ0) is 21.5. The third-order valence-electron chi connectivity index (χ3n) is 4.82. The summed E-state index contributed by atoms with van der Waals surface area (Å²) in [6.07, 6.45) is -4.76. The summed E-state index contributed by atoms with van der Waals surface area (Å²) in [6, 6.07) is 8.84. The van der Waals surface area contributed by atoms with Crippen molar-refractivity contribution in [2.45, 2.75) is 24.0 Å². The van der Waals surface area contributed by atoms with Crippen molar-refractivity contribution in [3.05, 3.63) is 47.5 Å². The highest BCUT2D eigenvalue weighted by molar-refractivity contribution is 7.92. The van der Waals surface area contributed by atoms with Gasteiger partial charge in [-0.2, -0.15) is 13.2 Å². The number of alkyl halides is 3. The van der Waals surface area contributed by atoms with Crippen molar-refractivity contribution in [3.8, 4) is 11.5 Å². The summed E-state index contributed by atoms with van der Waals surface area (Å²) < 4.78 is 77.0. The van der Waals surface area contributed by atoms with Crippen molar-refractivity contribution in [2.24, 2.45) is 0 Å². The van der Waals surface area contributed by atoms with Crippen molar-refractivity contribution in [2.75, 3.05) is 24.5 Å². The van der Waals surface area contributed by atoms with Gasteiger partial charge >= 0.3 is 12.1 Å². The summed E-state index contributed by atoms with van der Waals surface area (Å²) in [5.41, 5.74) is 1.33. The molecule has 4 rings (SSSR count). The van der Waals surface area contributed by atoms with Gasteiger partial charge in [-0.1, -0.05) is 6.07 Å². The molecule has 30 heavy (non-hydrogen) atoms. The average Bonchev–Trinajstić information content (AvgIpc) is 2.71. The van der Waals surface area contributed by atoms with E-state index in [1.165, 1.54) is 24.3 Å². The summed E-state index contributed by atoms with van der Waals surface area (Å²) in [7, 11) is -4.01. The number of fused-ring (bicyclic) bond motifs is 2. The monoisotopic (exact) mass is 442 g/mol. The summed E-state index contributed by atoms with van der Waals surface area (Å²) in [5, 5.41) is 0. The van der Waals surface area contributed by atoms with Crippen LogP contribution in [-0.2, 0) is 27.8 Å². The molecule has 7 nitrogen and oxygen atoms in total. The highest BCUT2D eigenvalue weighted by Gasteiger charge is 2.43. The molecule has 0 fully saturated rings. The fourth-order valence-corrected chi connectivity index (χ4v) is 4.47. The van der Waals surface area contributed by atoms with E-state index in [9.17, 15) is 26.4 Å². The van der Waals surface area contributed by atoms with E-state index in [-0.39, 0.29) is 30.1 Å². The maximum absolute atomic E-state index is 12.8. The standard InChI is InChI=1S/C19H17F3N2O5S/c20-19(21,22)18(25)24-6-5-12-1-3-15(9-13(12)11-24)30(26,27)23-14-2-4-16-17(10-14)29-8-7-28-16/h1-4,9-10,23H,5-8,11H2. The van der Waals surface area contributed by atoms with Gasteiger partial charge in [-0.15, -0.1) is 0 Å². The van der Waals surface area contributed by atoms with Gasteiger partial charge in [-0.05, 0) is 41.8 Å². The second-order valence-electron chi connectivity index (χ2n) is 6.87. The summed E-state index contributed by atoms with van der Waals surface area (Å²) in [4.78, 5) is 12.1. The van der Waals surface area contributed by atoms with E-state index in [1.54, 1.807) is 12.1 Å². The highest BCUT2D eigenvalue weighted by Crippen LogP contribution is 2.33. The minimum atomic E-state index is -4.97. The van der Waals surface area contributed by atoms with Crippen LogP contribution in [0.15, 0.2) is 41.3 Å². The highest BCUT2D eigenvalue weighted by atomic mass is 32.2. The predicted octanol–water partition coefficient (Wildman–Crippen LogP) is 2.71. The van der Waals surface area contributed by atoms with Gasteiger partial charge in [-0.3, -0.25) is 9.52 Å². The number of rotatable bonds is 3. The van der Waals surface area contributed by atoms with Crippen molar-refractivity contribution in [1.82, 2.24) is 4.90 Å². The van der Waals surface area contributed by atoms with E-state index in [2.05, 4.69) is 4.72 Å². The predicted molar refractivity (Wildman–Crippen MR) is 99.9 cm³/mol. The number of benzene rings is 2. The minimum absolute atomic E-state index is 0.0765. The number of carbonyl (C=O) groups excluding carboxylic acids is 1. The molecule has 2 aliphatic heterocycles. The zero-order valence-corrected chi connectivity index (χ0v) is 16.3. The van der Waals surface area contributed by atoms with Crippen LogP contribution in [0.3, 0.4) is 0 Å². The molecule has 1 N–H and O–H groups in total. The van der Waals surface area contributed by atoms with Crippen molar-refractivity contribution < 1.29 is 35.9 Å². The smallest absolute Gasteiger partial charge is 0.471 e. The van der Waals surface area contributed by atoms with Crippen LogP contribution >= 0.6 is 0 Å². The van der Waals surface area contributed by atoms with Crippen LogP contribution in [0.4, 0.5) is 18.9 Å². The van der Waals surface area contributed by atoms with Gasteiger partial charge in [0.1, 0.15) is 13.2 Å². The number of hydrogen-bond donors (Lipinski definition) is 1. The van der Waals surface area contributed by atoms with E-state index < -0.39 is 22.1 Å². The Balaban J connectivity index is 1.56. The average molecular weight is 442 g/mol. The van der Waals surface area contributed by atoms with Gasteiger partial charge in [0.2, 0.25) is 0 Å². The van der Waals surface area contributed by atoms with Crippen LogP contribution in [0.5, 0.6) is 11.5 Å². The Morgan fingerprint density at radius 3 is 2.47 bits per heavy atom. The minimum Gasteiger partial charge on any atom is -0.486 e. The SMILES string of the molecule is O=C(N1CCc2ccc(S(=O)(=O)Nc3ccc4c(c3)OCCO4)cc2C1)C(F)(F)F. The van der Waals surface area contributed by atoms with Gasteiger partial charge in [0.15, 0.2) is 11.5 Å². The summed E-state index contributed by atoms with van der Waals surface area (Å²) >= 11 is 0. The first-order valence-corrected chi connectivity index (χ1v) is 10.5. The molecular formula is C19H17F3N2O5S. The Morgan fingerprint density at radius 2 is 1.73 bits per heavy atom. The lowest BCUT2D eigenvalue weighted by atomic mass is 10.00. The van der Waals surface area contributed by atoms with Crippen LogP contribution in [0.1, 0.15) is 11.1 Å². The zero-order valence-electron chi connectivity index (χ0n) is 15.5. The number of hydrogen-bond acceptors (Lipinski definition) is 5. The van der Waals surface area contributed by atoms with Gasteiger partial charge in [0.05, 0.1) is 10.6 Å². The van der Waals surface area contributed by atoms with Crippen LogP contribution < -0.4 is 14.2 Å². The van der Waals surface area contributed by atoms with Crippen LogP contribution in [0.2, 0.25) is 0 Å². The van der Waals surface area contributed by atoms with E-state index in [4.69, 9.17) is 9.47 Å². The van der Waals surface area contributed by atoms with Gasteiger partial charge in [0.25, 0.3) is 10.0 Å². The molecule has 0 aromatic heterocycles. The number of carbonyl (C=O) groups is 1. The molecular weight excluding hydrogens is 425 g/mol. The molecule has 0 aliphatic carbocycles. The molecule has 0 unspecified atom stereocenters. The Labute approximate surface area is 170 Å². The molecule has 0 saturated carbocycles.